The number of carbonyl (C=O) groups excluding carboxylic acids is 1. The Labute approximate surface area is 111 Å². The fraction of sp³-hybridized carbons (Fsp3) is 0.812. The minimum Gasteiger partial charge on any atom is -0.462 e. The van der Waals surface area contributed by atoms with Crippen molar-refractivity contribution in [2.45, 2.75) is 66.4 Å². The van der Waals surface area contributed by atoms with Crippen LogP contribution in [0.5, 0.6) is 0 Å². The number of fused-ring (bicyclic) bond motifs is 1. The Kier molecular flexibility index (Phi) is 3.33. The van der Waals surface area contributed by atoms with Gasteiger partial charge in [0.2, 0.25) is 0 Å². The van der Waals surface area contributed by atoms with Crippen LogP contribution in [0, 0.1) is 16.7 Å². The third-order valence-corrected chi connectivity index (χ3v) is 5.78. The van der Waals surface area contributed by atoms with Crippen LogP contribution in [-0.2, 0) is 9.53 Å². The normalized spacial score (nSPS) is 43.9. The average Bonchev–Trinajstić information content (AvgIpc) is 2.28. The molecule has 0 spiro atoms. The molecule has 0 aliphatic heterocycles. The Hall–Kier alpha value is -0.790. The molecule has 0 heterocycles. The van der Waals surface area contributed by atoms with Crippen molar-refractivity contribution in [1.29, 1.82) is 0 Å². The Morgan fingerprint density at radius 2 is 2.06 bits per heavy atom. The van der Waals surface area contributed by atoms with Crippen molar-refractivity contribution >= 4 is 5.97 Å². The maximum atomic E-state index is 11.4. The van der Waals surface area contributed by atoms with E-state index in [0.717, 1.165) is 19.3 Å². The summed E-state index contributed by atoms with van der Waals surface area (Å²) in [7, 11) is 0. The first-order valence-corrected chi connectivity index (χ1v) is 7.16. The number of esters is 1. The third-order valence-electron chi connectivity index (χ3n) is 5.78. The maximum absolute atomic E-state index is 11.4. The molecule has 0 bridgehead atoms. The molecule has 2 aliphatic carbocycles. The van der Waals surface area contributed by atoms with E-state index < -0.39 is 0 Å². The van der Waals surface area contributed by atoms with Gasteiger partial charge in [0.1, 0.15) is 6.10 Å². The summed E-state index contributed by atoms with van der Waals surface area (Å²) in [4.78, 5) is 11.4. The van der Waals surface area contributed by atoms with Gasteiger partial charge in [-0.1, -0.05) is 32.4 Å². The van der Waals surface area contributed by atoms with Gasteiger partial charge in [0.05, 0.1) is 0 Å². The molecule has 0 radical (unpaired) electrons. The zero-order valence-electron chi connectivity index (χ0n) is 12.4. The summed E-state index contributed by atoms with van der Waals surface area (Å²) in [6, 6.07) is 0. The van der Waals surface area contributed by atoms with E-state index in [2.05, 4.69) is 33.8 Å². The molecule has 0 amide bonds. The molecule has 0 aromatic heterocycles. The highest BCUT2D eigenvalue weighted by Gasteiger charge is 2.56. The molecule has 0 aromatic rings. The topological polar surface area (TPSA) is 26.3 Å². The Morgan fingerprint density at radius 1 is 1.39 bits per heavy atom. The van der Waals surface area contributed by atoms with Crippen LogP contribution in [-0.4, -0.2) is 12.1 Å². The molecular weight excluding hydrogens is 224 g/mol. The summed E-state index contributed by atoms with van der Waals surface area (Å²) in [5.41, 5.74) is 1.77. The molecule has 0 N–H and O–H groups in total. The highest BCUT2D eigenvalue weighted by Crippen LogP contribution is 2.61. The fourth-order valence-corrected chi connectivity index (χ4v) is 4.20. The van der Waals surface area contributed by atoms with Crippen LogP contribution in [0.3, 0.4) is 0 Å². The molecule has 0 saturated heterocycles. The minimum atomic E-state index is -0.135. The quantitative estimate of drug-likeness (QED) is 0.517. The predicted molar refractivity (Wildman–Crippen MR) is 73.2 cm³/mol. The van der Waals surface area contributed by atoms with Crippen molar-refractivity contribution < 1.29 is 9.53 Å². The van der Waals surface area contributed by atoms with Gasteiger partial charge < -0.3 is 4.74 Å². The predicted octanol–water partition coefficient (Wildman–Crippen LogP) is 4.10. The number of carbonyl (C=O) groups is 1. The Balaban J connectivity index is 2.40. The zero-order chi connectivity index (χ0) is 13.6. The lowest BCUT2D eigenvalue weighted by molar-refractivity contribution is -0.176. The first kappa shape index (κ1) is 13.6. The van der Waals surface area contributed by atoms with Crippen LogP contribution in [0.25, 0.3) is 0 Å². The molecular formula is C16H26O2. The van der Waals surface area contributed by atoms with E-state index in [1.807, 2.05) is 0 Å². The largest absolute Gasteiger partial charge is 0.462 e. The molecule has 0 aromatic carbocycles. The summed E-state index contributed by atoms with van der Waals surface area (Å²) in [6.45, 7) is 10.7. The molecule has 1 saturated carbocycles. The van der Waals surface area contributed by atoms with Gasteiger partial charge in [-0.15, -0.1) is 0 Å². The van der Waals surface area contributed by atoms with Gasteiger partial charge in [0.15, 0.2) is 0 Å². The molecule has 4 atom stereocenters. The smallest absolute Gasteiger partial charge is 0.302 e. The third kappa shape index (κ3) is 1.81. The Bertz CT molecular complexity index is 385. The van der Waals surface area contributed by atoms with Gasteiger partial charge >= 0.3 is 5.97 Å². The van der Waals surface area contributed by atoms with Crippen molar-refractivity contribution in [3.8, 4) is 0 Å². The van der Waals surface area contributed by atoms with E-state index in [0.29, 0.717) is 5.92 Å². The monoisotopic (exact) mass is 250 g/mol. The first-order chi connectivity index (χ1) is 8.31. The van der Waals surface area contributed by atoms with Crippen molar-refractivity contribution in [1.82, 2.24) is 0 Å². The molecule has 4 unspecified atom stereocenters. The average molecular weight is 250 g/mol. The minimum absolute atomic E-state index is 0.0670. The summed E-state index contributed by atoms with van der Waals surface area (Å²) in [5, 5.41) is 0. The van der Waals surface area contributed by atoms with Crippen LogP contribution in [0.4, 0.5) is 0 Å². The zero-order valence-corrected chi connectivity index (χ0v) is 12.4. The van der Waals surface area contributed by atoms with Gasteiger partial charge in [-0.05, 0) is 43.9 Å². The lowest BCUT2D eigenvalue weighted by atomic mass is 9.48. The van der Waals surface area contributed by atoms with E-state index >= 15 is 0 Å². The van der Waals surface area contributed by atoms with Gasteiger partial charge in [-0.25, -0.2) is 0 Å². The lowest BCUT2D eigenvalue weighted by Crippen LogP contribution is -2.55. The van der Waals surface area contributed by atoms with Crippen molar-refractivity contribution in [2.75, 3.05) is 0 Å². The molecule has 18 heavy (non-hydrogen) atoms. The van der Waals surface area contributed by atoms with Crippen molar-refractivity contribution in [3.05, 3.63) is 11.6 Å². The van der Waals surface area contributed by atoms with Crippen LogP contribution < -0.4 is 0 Å². The second kappa shape index (κ2) is 4.40. The van der Waals surface area contributed by atoms with E-state index in [-0.39, 0.29) is 22.9 Å². The second-order valence-electron chi connectivity index (χ2n) is 6.72. The lowest BCUT2D eigenvalue weighted by Gasteiger charge is -2.58. The van der Waals surface area contributed by atoms with E-state index in [1.54, 1.807) is 0 Å². The molecule has 1 fully saturated rings. The van der Waals surface area contributed by atoms with Crippen molar-refractivity contribution in [3.63, 3.8) is 0 Å². The van der Waals surface area contributed by atoms with E-state index in [1.165, 1.54) is 18.9 Å². The SMILES string of the molecule is CC(=O)OC1C(C)CCC2(C)C(C)=CCCC12C. The van der Waals surface area contributed by atoms with Crippen LogP contribution in [0.2, 0.25) is 0 Å². The molecule has 2 aliphatic rings. The highest BCUT2D eigenvalue weighted by molar-refractivity contribution is 5.66. The van der Waals surface area contributed by atoms with E-state index in [4.69, 9.17) is 4.74 Å². The van der Waals surface area contributed by atoms with Crippen LogP contribution in [0.15, 0.2) is 11.6 Å². The van der Waals surface area contributed by atoms with Crippen LogP contribution >= 0.6 is 0 Å². The Morgan fingerprint density at radius 3 is 2.67 bits per heavy atom. The van der Waals surface area contributed by atoms with Crippen molar-refractivity contribution in [2.24, 2.45) is 16.7 Å². The summed E-state index contributed by atoms with van der Waals surface area (Å²) < 4.78 is 5.72. The molecule has 2 nitrogen and oxygen atoms in total. The number of hydrogen-bond acceptors (Lipinski definition) is 2. The first-order valence-electron chi connectivity index (χ1n) is 7.16. The number of allylic oxidation sites excluding steroid dienone is 2. The molecule has 2 heteroatoms. The van der Waals surface area contributed by atoms with Gasteiger partial charge in [0.25, 0.3) is 0 Å². The van der Waals surface area contributed by atoms with Gasteiger partial charge in [-0.2, -0.15) is 0 Å². The maximum Gasteiger partial charge on any atom is 0.302 e. The number of hydrogen-bond donors (Lipinski definition) is 0. The fourth-order valence-electron chi connectivity index (χ4n) is 4.20. The standard InChI is InChI=1S/C16H26O2/c1-11-8-10-15(4)12(2)7-6-9-16(15,5)14(11)18-13(3)17/h7,11,14H,6,8-10H2,1-5H3. The molecule has 2 rings (SSSR count). The highest BCUT2D eigenvalue weighted by atomic mass is 16.5. The molecule has 102 valence electrons. The number of rotatable bonds is 1. The summed E-state index contributed by atoms with van der Waals surface area (Å²) in [5.74, 6) is 0.336. The van der Waals surface area contributed by atoms with Gasteiger partial charge in [0, 0.05) is 12.3 Å². The van der Waals surface area contributed by atoms with Gasteiger partial charge in [-0.3, -0.25) is 4.79 Å². The summed E-state index contributed by atoms with van der Waals surface area (Å²) in [6.07, 6.45) is 7.05. The number of ether oxygens (including phenoxy) is 1. The second-order valence-corrected chi connectivity index (χ2v) is 6.72. The summed E-state index contributed by atoms with van der Waals surface area (Å²) >= 11 is 0. The van der Waals surface area contributed by atoms with E-state index in [9.17, 15) is 4.79 Å². The van der Waals surface area contributed by atoms with Crippen LogP contribution in [0.1, 0.15) is 60.3 Å².